The third kappa shape index (κ3) is 4.54. The lowest BCUT2D eigenvalue weighted by Gasteiger charge is -2.21. The second-order valence-electron chi connectivity index (χ2n) is 10.3. The Morgan fingerprint density at radius 2 is 1.08 bits per heavy atom. The van der Waals surface area contributed by atoms with Crippen molar-refractivity contribution in [1.29, 1.82) is 0 Å². The molecule has 39 heavy (non-hydrogen) atoms. The van der Waals surface area contributed by atoms with Crippen molar-refractivity contribution in [3.8, 4) is 17.2 Å². The zero-order valence-corrected chi connectivity index (χ0v) is 22.7. The van der Waals surface area contributed by atoms with Crippen LogP contribution in [0.25, 0.3) is 21.9 Å². The molecule has 2 aromatic heterocycles. The van der Waals surface area contributed by atoms with E-state index in [4.69, 9.17) is 13.6 Å². The number of rotatable bonds is 5. The van der Waals surface area contributed by atoms with E-state index in [0.29, 0.717) is 22.1 Å². The second kappa shape index (κ2) is 9.66. The fraction of sp³-hybridized carbons (Fsp3) is 0.250. The van der Waals surface area contributed by atoms with Crippen LogP contribution in [0.4, 0.5) is 0 Å². The molecule has 2 N–H and O–H groups in total. The summed E-state index contributed by atoms with van der Waals surface area (Å²) in [5.74, 6) is -1.25. The van der Waals surface area contributed by atoms with E-state index < -0.39 is 17.2 Å². The third-order valence-corrected chi connectivity index (χ3v) is 7.22. The summed E-state index contributed by atoms with van der Waals surface area (Å²) in [7, 11) is 0. The Hall–Kier alpha value is -4.52. The number of hydrogen-bond acceptors (Lipinski definition) is 7. The fourth-order valence-electron chi connectivity index (χ4n) is 4.91. The maximum atomic E-state index is 13.5. The lowest BCUT2D eigenvalue weighted by Crippen LogP contribution is -2.21. The molecular weight excluding hydrogens is 496 g/mol. The number of aromatic hydroxyl groups is 2. The molecule has 0 saturated heterocycles. The van der Waals surface area contributed by atoms with Crippen molar-refractivity contribution in [2.75, 3.05) is 0 Å². The van der Waals surface area contributed by atoms with Gasteiger partial charge in [0.25, 0.3) is 0 Å². The number of hydrogen-bond donors (Lipinski definition) is 2. The van der Waals surface area contributed by atoms with Crippen LogP contribution in [0.2, 0.25) is 0 Å². The highest BCUT2D eigenvalue weighted by Gasteiger charge is 2.32. The Morgan fingerprint density at radius 1 is 0.667 bits per heavy atom. The van der Waals surface area contributed by atoms with Gasteiger partial charge in [0, 0.05) is 0 Å². The minimum absolute atomic E-state index is 0.0572. The van der Waals surface area contributed by atoms with Crippen LogP contribution in [0.5, 0.6) is 17.2 Å². The molecule has 0 radical (unpaired) electrons. The molecule has 5 rings (SSSR count). The van der Waals surface area contributed by atoms with Crippen molar-refractivity contribution in [3.63, 3.8) is 0 Å². The smallest absolute Gasteiger partial charge is 0.344 e. The quantitative estimate of drug-likeness (QED) is 0.251. The zero-order valence-electron chi connectivity index (χ0n) is 22.7. The Bertz CT molecular complexity index is 1750. The lowest BCUT2D eigenvalue weighted by molar-refractivity contribution is 0.242. The van der Waals surface area contributed by atoms with Crippen LogP contribution in [0, 0.1) is 27.7 Å². The highest BCUT2D eigenvalue weighted by Crippen LogP contribution is 2.43. The third-order valence-electron chi connectivity index (χ3n) is 7.22. The van der Waals surface area contributed by atoms with Gasteiger partial charge in [0.1, 0.15) is 28.4 Å². The average Bonchev–Trinajstić information content (AvgIpc) is 2.86. The van der Waals surface area contributed by atoms with E-state index in [-0.39, 0.29) is 39.9 Å². The summed E-state index contributed by atoms with van der Waals surface area (Å²) in [5, 5.41) is 23.6. The highest BCUT2D eigenvalue weighted by atomic mass is 16.5. The molecule has 2 heterocycles. The van der Waals surface area contributed by atoms with Gasteiger partial charge < -0.3 is 23.8 Å². The van der Waals surface area contributed by atoms with Crippen LogP contribution >= 0.6 is 0 Å². The Balaban J connectivity index is 1.86. The average molecular weight is 527 g/mol. The summed E-state index contributed by atoms with van der Waals surface area (Å²) in [5.41, 5.74) is 2.50. The molecule has 0 aliphatic rings. The van der Waals surface area contributed by atoms with E-state index in [2.05, 4.69) is 0 Å². The summed E-state index contributed by atoms with van der Waals surface area (Å²) in [4.78, 5) is 26.9. The van der Waals surface area contributed by atoms with Gasteiger partial charge in [-0.3, -0.25) is 0 Å². The van der Waals surface area contributed by atoms with Gasteiger partial charge in [0.15, 0.2) is 0 Å². The summed E-state index contributed by atoms with van der Waals surface area (Å²) in [6, 6.07) is 13.7. The summed E-state index contributed by atoms with van der Waals surface area (Å²) < 4.78 is 17.1. The Kier molecular flexibility index (Phi) is 6.46. The molecule has 7 nitrogen and oxygen atoms in total. The molecule has 0 amide bonds. The van der Waals surface area contributed by atoms with Gasteiger partial charge in [0.05, 0.1) is 33.9 Å². The van der Waals surface area contributed by atoms with Gasteiger partial charge in [-0.2, -0.15) is 0 Å². The van der Waals surface area contributed by atoms with Gasteiger partial charge >= 0.3 is 11.3 Å². The molecule has 0 saturated carbocycles. The van der Waals surface area contributed by atoms with Crippen molar-refractivity contribution in [2.24, 2.45) is 0 Å². The van der Waals surface area contributed by atoms with Gasteiger partial charge in [0.2, 0.25) is 0 Å². The van der Waals surface area contributed by atoms with Crippen LogP contribution in [0.1, 0.15) is 58.7 Å². The predicted molar refractivity (Wildman–Crippen MR) is 150 cm³/mol. The van der Waals surface area contributed by atoms with Crippen molar-refractivity contribution in [3.05, 3.63) is 108 Å². The fourth-order valence-corrected chi connectivity index (χ4v) is 4.91. The van der Waals surface area contributed by atoms with E-state index in [9.17, 15) is 19.8 Å². The molecule has 200 valence electrons. The maximum Gasteiger partial charge on any atom is 0.344 e. The van der Waals surface area contributed by atoms with E-state index in [1.165, 1.54) is 0 Å². The first-order valence-corrected chi connectivity index (χ1v) is 12.8. The van der Waals surface area contributed by atoms with Crippen molar-refractivity contribution in [2.45, 2.75) is 53.6 Å². The normalized spacial score (nSPS) is 11.7. The van der Waals surface area contributed by atoms with E-state index >= 15 is 0 Å². The largest absolute Gasteiger partial charge is 0.507 e. The first kappa shape index (κ1) is 26.1. The molecule has 0 spiro atoms. The van der Waals surface area contributed by atoms with E-state index in [1.54, 1.807) is 48.5 Å². The molecule has 0 bridgehead atoms. The van der Waals surface area contributed by atoms with Crippen molar-refractivity contribution >= 4 is 21.9 Å². The minimum Gasteiger partial charge on any atom is -0.507 e. The first-order valence-electron chi connectivity index (χ1n) is 12.8. The first-order chi connectivity index (χ1) is 18.5. The summed E-state index contributed by atoms with van der Waals surface area (Å²) >= 11 is 0. The molecule has 0 fully saturated rings. The molecule has 3 aromatic carbocycles. The Labute approximate surface area is 224 Å². The number of fused-ring (bicyclic) bond motifs is 2. The number of ether oxygens (including phenoxy) is 1. The monoisotopic (exact) mass is 526 g/mol. The van der Waals surface area contributed by atoms with Crippen LogP contribution < -0.4 is 16.0 Å². The maximum absolute atomic E-state index is 13.5. The summed E-state index contributed by atoms with van der Waals surface area (Å²) in [6.07, 6.45) is -0.0572. The summed E-state index contributed by atoms with van der Waals surface area (Å²) in [6.45, 7) is 11.3. The highest BCUT2D eigenvalue weighted by molar-refractivity contribution is 5.88. The van der Waals surface area contributed by atoms with Gasteiger partial charge in [-0.05, 0) is 106 Å². The molecule has 5 aromatic rings. The van der Waals surface area contributed by atoms with E-state index in [1.807, 2.05) is 41.5 Å². The van der Waals surface area contributed by atoms with Crippen LogP contribution in [-0.4, -0.2) is 16.3 Å². The molecular formula is C32H30O7. The molecule has 0 aliphatic carbocycles. The Morgan fingerprint density at radius 3 is 1.49 bits per heavy atom. The van der Waals surface area contributed by atoms with Crippen molar-refractivity contribution in [1.82, 2.24) is 0 Å². The number of aryl methyl sites for hydroxylation is 4. The lowest BCUT2D eigenvalue weighted by atomic mass is 9.84. The standard InChI is InChI=1S/C32H30O7/c1-15(2)37-21-9-7-20(8-10-21)26(27-29(33)22-11-16(3)18(5)13-24(22)38-31(27)35)28-30(34)23-12-17(4)19(6)14-25(23)39-32(28)36/h7-15,26,33-34H,1-6H3. The number of benzene rings is 3. The van der Waals surface area contributed by atoms with Gasteiger partial charge in [-0.15, -0.1) is 0 Å². The molecule has 0 atom stereocenters. The van der Waals surface area contributed by atoms with Gasteiger partial charge in [-0.1, -0.05) is 12.1 Å². The zero-order chi connectivity index (χ0) is 28.2. The molecule has 0 aliphatic heterocycles. The predicted octanol–water partition coefficient (Wildman–Crippen LogP) is 6.51. The second-order valence-corrected chi connectivity index (χ2v) is 10.3. The topological polar surface area (TPSA) is 110 Å². The molecule has 7 heteroatoms. The van der Waals surface area contributed by atoms with Crippen LogP contribution in [0.3, 0.4) is 0 Å². The van der Waals surface area contributed by atoms with Crippen LogP contribution in [-0.2, 0) is 0 Å². The van der Waals surface area contributed by atoms with Crippen molar-refractivity contribution < 1.29 is 23.8 Å². The SMILES string of the molecule is Cc1cc2oc(=O)c(C(c3ccc(OC(C)C)cc3)c3c(O)c4cc(C)c(C)cc4oc3=O)c(O)c2cc1C. The van der Waals surface area contributed by atoms with Crippen LogP contribution in [0.15, 0.2) is 67.0 Å². The minimum atomic E-state index is -1.19. The molecule has 0 unspecified atom stereocenters. The van der Waals surface area contributed by atoms with E-state index in [0.717, 1.165) is 22.3 Å². The van der Waals surface area contributed by atoms with Gasteiger partial charge in [-0.25, -0.2) is 9.59 Å².